The Morgan fingerprint density at radius 3 is 2.05 bits per heavy atom. The molecule has 1 aliphatic heterocycles. The van der Waals surface area contributed by atoms with Gasteiger partial charge in [-0.25, -0.2) is 0 Å². The van der Waals surface area contributed by atoms with Crippen LogP contribution < -0.4 is 9.47 Å². The van der Waals surface area contributed by atoms with Gasteiger partial charge in [-0.2, -0.15) is 0 Å². The highest BCUT2D eigenvalue weighted by Crippen LogP contribution is 2.45. The van der Waals surface area contributed by atoms with Gasteiger partial charge in [-0.15, -0.1) is 0 Å². The molecule has 42 heavy (non-hydrogen) atoms. The van der Waals surface area contributed by atoms with Gasteiger partial charge in [0.05, 0.1) is 26.4 Å². The lowest BCUT2D eigenvalue weighted by Gasteiger charge is -2.38. The Balaban J connectivity index is 1.76. The highest BCUT2D eigenvalue weighted by atomic mass is 16.5. The molecule has 0 bridgehead atoms. The molecular formula is C35H61N3O4. The Bertz CT molecular complexity index is 976. The SMILES string of the molecule is Cc1c(C)c2c(c(C)c1OCCOCCOCCN=[N+]=[N-])CC[C@@](C)(CCC[C@@H](C)CCC[C@@H](C)CCCC(C)C)O2. The van der Waals surface area contributed by atoms with E-state index in [9.17, 15) is 0 Å². The molecule has 0 saturated carbocycles. The minimum absolute atomic E-state index is 0.0967. The van der Waals surface area contributed by atoms with Gasteiger partial charge in [-0.05, 0) is 93.4 Å². The van der Waals surface area contributed by atoms with Gasteiger partial charge in [0, 0.05) is 17.0 Å². The van der Waals surface area contributed by atoms with Crippen molar-refractivity contribution in [1.29, 1.82) is 0 Å². The number of fused-ring (bicyclic) bond motifs is 1. The number of hydrogen-bond acceptors (Lipinski definition) is 5. The second-order valence-corrected chi connectivity index (χ2v) is 13.4. The molecule has 0 unspecified atom stereocenters. The van der Waals surface area contributed by atoms with Crippen LogP contribution in [-0.2, 0) is 15.9 Å². The van der Waals surface area contributed by atoms with Crippen LogP contribution in [0.15, 0.2) is 5.11 Å². The van der Waals surface area contributed by atoms with Crippen molar-refractivity contribution < 1.29 is 18.9 Å². The number of nitrogens with zero attached hydrogens (tertiary/aromatic N) is 3. The van der Waals surface area contributed by atoms with Crippen LogP contribution in [-0.4, -0.2) is 45.2 Å². The molecule has 1 aromatic carbocycles. The lowest BCUT2D eigenvalue weighted by Crippen LogP contribution is -2.37. The maximum Gasteiger partial charge on any atom is 0.127 e. The normalized spacial score (nSPS) is 17.8. The summed E-state index contributed by atoms with van der Waals surface area (Å²) in [5, 5.41) is 3.44. The fourth-order valence-electron chi connectivity index (χ4n) is 6.15. The van der Waals surface area contributed by atoms with E-state index in [1.54, 1.807) is 0 Å². The average molecular weight is 588 g/mol. The third-order valence-corrected chi connectivity index (χ3v) is 9.08. The van der Waals surface area contributed by atoms with Crippen LogP contribution in [0, 0.1) is 38.5 Å². The summed E-state index contributed by atoms with van der Waals surface area (Å²) in [7, 11) is 0. The zero-order valence-electron chi connectivity index (χ0n) is 28.2. The molecule has 240 valence electrons. The van der Waals surface area contributed by atoms with E-state index in [4.69, 9.17) is 24.5 Å². The van der Waals surface area contributed by atoms with Crippen molar-refractivity contribution in [3.05, 3.63) is 32.7 Å². The summed E-state index contributed by atoms with van der Waals surface area (Å²) in [5.41, 5.74) is 13.0. The molecule has 1 aromatic rings. The standard InChI is InChI=1S/C35H61N3O4/c1-26(2)12-9-13-27(3)14-10-15-28(4)16-11-18-35(8)19-17-32-31(7)33(29(5)30(6)34(32)42-35)41-25-24-40-23-22-39-21-20-37-38-36/h26-28H,9-25H2,1-8H3/t27-,28-,35+/m0/s1. The van der Waals surface area contributed by atoms with Crippen molar-refractivity contribution in [1.82, 2.24) is 0 Å². The summed E-state index contributed by atoms with van der Waals surface area (Å²) < 4.78 is 24.0. The molecular weight excluding hydrogens is 526 g/mol. The summed E-state index contributed by atoms with van der Waals surface area (Å²) in [6.07, 6.45) is 14.0. The van der Waals surface area contributed by atoms with Crippen LogP contribution in [0.2, 0.25) is 0 Å². The van der Waals surface area contributed by atoms with E-state index in [1.807, 2.05) is 0 Å². The highest BCUT2D eigenvalue weighted by Gasteiger charge is 2.34. The molecule has 0 amide bonds. The molecule has 0 saturated heterocycles. The van der Waals surface area contributed by atoms with Crippen LogP contribution in [0.3, 0.4) is 0 Å². The highest BCUT2D eigenvalue weighted by molar-refractivity contribution is 5.59. The minimum atomic E-state index is -0.0967. The molecule has 0 fully saturated rings. The minimum Gasteiger partial charge on any atom is -0.491 e. The largest absolute Gasteiger partial charge is 0.491 e. The van der Waals surface area contributed by atoms with Crippen molar-refractivity contribution in [3.8, 4) is 11.5 Å². The van der Waals surface area contributed by atoms with Crippen LogP contribution in [0.25, 0.3) is 10.4 Å². The van der Waals surface area contributed by atoms with Gasteiger partial charge in [-0.1, -0.05) is 77.8 Å². The van der Waals surface area contributed by atoms with Crippen LogP contribution in [0.4, 0.5) is 0 Å². The number of benzene rings is 1. The van der Waals surface area contributed by atoms with Gasteiger partial charge in [-0.3, -0.25) is 0 Å². The van der Waals surface area contributed by atoms with Gasteiger partial charge in [0.2, 0.25) is 0 Å². The van der Waals surface area contributed by atoms with Crippen molar-refractivity contribution in [3.63, 3.8) is 0 Å². The van der Waals surface area contributed by atoms with E-state index in [2.05, 4.69) is 65.4 Å². The third-order valence-electron chi connectivity index (χ3n) is 9.08. The van der Waals surface area contributed by atoms with Gasteiger partial charge in [0.15, 0.2) is 0 Å². The Morgan fingerprint density at radius 1 is 0.810 bits per heavy atom. The maximum absolute atomic E-state index is 8.27. The van der Waals surface area contributed by atoms with E-state index in [1.165, 1.54) is 68.1 Å². The molecule has 0 spiro atoms. The van der Waals surface area contributed by atoms with E-state index < -0.39 is 0 Å². The second-order valence-electron chi connectivity index (χ2n) is 13.4. The van der Waals surface area contributed by atoms with E-state index >= 15 is 0 Å². The molecule has 1 aliphatic rings. The summed E-state index contributed by atoms with van der Waals surface area (Å²) in [5.74, 6) is 4.55. The fraction of sp³-hybridized carbons (Fsp3) is 0.829. The fourth-order valence-corrected chi connectivity index (χ4v) is 6.15. The number of azide groups is 1. The van der Waals surface area contributed by atoms with Crippen molar-refractivity contribution in [2.24, 2.45) is 22.9 Å². The Kier molecular flexibility index (Phi) is 16.7. The second kappa shape index (κ2) is 19.4. The van der Waals surface area contributed by atoms with Crippen LogP contribution in [0.1, 0.15) is 121 Å². The van der Waals surface area contributed by atoms with Crippen molar-refractivity contribution in [2.75, 3.05) is 39.6 Å². The van der Waals surface area contributed by atoms with Gasteiger partial charge in [0.1, 0.15) is 23.7 Å². The van der Waals surface area contributed by atoms with Crippen LogP contribution in [0.5, 0.6) is 11.5 Å². The summed E-state index contributed by atoms with van der Waals surface area (Å²) in [6, 6.07) is 0. The number of rotatable bonds is 22. The van der Waals surface area contributed by atoms with Crippen LogP contribution >= 0.6 is 0 Å². The lowest BCUT2D eigenvalue weighted by atomic mass is 9.83. The first kappa shape index (κ1) is 36.2. The maximum atomic E-state index is 8.27. The topological polar surface area (TPSA) is 85.7 Å². The zero-order chi connectivity index (χ0) is 31.0. The Labute approximate surface area is 257 Å². The lowest BCUT2D eigenvalue weighted by molar-refractivity contribution is 0.0382. The van der Waals surface area contributed by atoms with Gasteiger partial charge < -0.3 is 18.9 Å². The first-order valence-corrected chi connectivity index (χ1v) is 16.7. The number of ether oxygens (including phenoxy) is 4. The monoisotopic (exact) mass is 587 g/mol. The third kappa shape index (κ3) is 12.7. The smallest absolute Gasteiger partial charge is 0.127 e. The quantitative estimate of drug-likeness (QED) is 0.0585. The molecule has 1 heterocycles. The summed E-state index contributed by atoms with van der Waals surface area (Å²) >= 11 is 0. The summed E-state index contributed by atoms with van der Waals surface area (Å²) in [6.45, 7) is 21.0. The zero-order valence-corrected chi connectivity index (χ0v) is 28.2. The first-order valence-electron chi connectivity index (χ1n) is 16.7. The van der Waals surface area contributed by atoms with Gasteiger partial charge >= 0.3 is 0 Å². The van der Waals surface area contributed by atoms with Crippen molar-refractivity contribution >= 4 is 0 Å². The van der Waals surface area contributed by atoms with E-state index in [0.29, 0.717) is 39.6 Å². The molecule has 0 radical (unpaired) electrons. The molecule has 0 aromatic heterocycles. The van der Waals surface area contributed by atoms with E-state index in [0.717, 1.165) is 54.1 Å². The molecule has 3 atom stereocenters. The van der Waals surface area contributed by atoms with Crippen molar-refractivity contribution in [2.45, 2.75) is 132 Å². The Hall–Kier alpha value is -1.95. The molecule has 7 nitrogen and oxygen atoms in total. The summed E-state index contributed by atoms with van der Waals surface area (Å²) in [4.78, 5) is 2.70. The predicted molar refractivity (Wildman–Crippen MR) is 174 cm³/mol. The molecule has 7 heteroatoms. The first-order chi connectivity index (χ1) is 20.1. The molecule has 2 rings (SSSR count). The van der Waals surface area contributed by atoms with E-state index in [-0.39, 0.29) is 5.60 Å². The Morgan fingerprint density at radius 2 is 1.40 bits per heavy atom. The predicted octanol–water partition coefficient (Wildman–Crippen LogP) is 9.86. The average Bonchev–Trinajstić information content (AvgIpc) is 2.94. The molecule has 0 aliphatic carbocycles. The van der Waals surface area contributed by atoms with Gasteiger partial charge in [0.25, 0.3) is 0 Å². The number of hydrogen-bond donors (Lipinski definition) is 0. The molecule has 0 N–H and O–H groups in total.